The van der Waals surface area contributed by atoms with Crippen molar-refractivity contribution in [2.24, 2.45) is 0 Å². The van der Waals surface area contributed by atoms with E-state index >= 15 is 0 Å². The minimum Gasteiger partial charge on any atom is -0.508 e. The topological polar surface area (TPSA) is 220 Å². The second-order valence-corrected chi connectivity index (χ2v) is 12.9. The van der Waals surface area contributed by atoms with Crippen LogP contribution in [-0.4, -0.2) is 81.8 Å². The normalized spacial score (nSPS) is 13.9. The van der Waals surface area contributed by atoms with Gasteiger partial charge in [-0.25, -0.2) is 4.79 Å². The third-order valence-corrected chi connectivity index (χ3v) is 8.98. The summed E-state index contributed by atoms with van der Waals surface area (Å²) in [4.78, 5) is 77.2. The van der Waals surface area contributed by atoms with Crippen LogP contribution >= 0.6 is 0 Å². The molecule has 4 amide bonds. The van der Waals surface area contributed by atoms with Gasteiger partial charge >= 0.3 is 18.0 Å². The molecule has 0 heterocycles. The maximum absolute atomic E-state index is 13.9. The van der Waals surface area contributed by atoms with Crippen molar-refractivity contribution in [3.63, 3.8) is 0 Å². The molecule has 4 aromatic carbocycles. The minimum absolute atomic E-state index is 0.0310. The van der Waals surface area contributed by atoms with Crippen molar-refractivity contribution in [3.8, 4) is 16.9 Å². The van der Waals surface area contributed by atoms with E-state index in [1.54, 1.807) is 30.3 Å². The van der Waals surface area contributed by atoms with Gasteiger partial charge in [0, 0.05) is 18.8 Å². The number of aliphatic carboxylic acids is 2. The first-order chi connectivity index (χ1) is 25.9. The Balaban J connectivity index is 1.32. The van der Waals surface area contributed by atoms with Gasteiger partial charge < -0.3 is 41.3 Å². The molecule has 0 fully saturated rings. The Labute approximate surface area is 310 Å². The van der Waals surface area contributed by atoms with Crippen LogP contribution in [0.3, 0.4) is 0 Å². The van der Waals surface area contributed by atoms with E-state index in [4.69, 9.17) is 4.74 Å². The van der Waals surface area contributed by atoms with Gasteiger partial charge in [-0.15, -0.1) is 0 Å². The van der Waals surface area contributed by atoms with Crippen LogP contribution in [0.15, 0.2) is 103 Å². The molecule has 280 valence electrons. The highest BCUT2D eigenvalue weighted by Gasteiger charge is 2.33. The largest absolute Gasteiger partial charge is 0.508 e. The Morgan fingerprint density at radius 3 is 1.63 bits per heavy atom. The SMILES string of the molecule is C[C@H](NC(=O)[C@H](Cc1ccc(O)cc1)NC(=O)[C@H](Cc1ccccc1)NC(=O)[C@H](CC(=O)O)NC(=O)OCC1c2ccccc2-c2ccccc21)C(=O)O. The van der Waals surface area contributed by atoms with Crippen LogP contribution in [0.1, 0.15) is 41.5 Å². The number of carboxylic acids is 2. The van der Waals surface area contributed by atoms with Gasteiger partial charge in [-0.3, -0.25) is 24.0 Å². The van der Waals surface area contributed by atoms with E-state index in [0.29, 0.717) is 11.1 Å². The maximum atomic E-state index is 13.9. The number of phenolic OH excluding ortho intramolecular Hbond substituents is 1. The molecule has 0 unspecified atom stereocenters. The van der Waals surface area contributed by atoms with Crippen LogP contribution in [0, 0.1) is 0 Å². The van der Waals surface area contributed by atoms with E-state index in [1.165, 1.54) is 31.2 Å². The first-order valence-electron chi connectivity index (χ1n) is 17.2. The molecule has 0 saturated carbocycles. The summed E-state index contributed by atoms with van der Waals surface area (Å²) in [6.45, 7) is 1.16. The Kier molecular flexibility index (Phi) is 12.6. The van der Waals surface area contributed by atoms with Gasteiger partial charge in [-0.2, -0.15) is 0 Å². The number of carbonyl (C=O) groups is 6. The number of alkyl carbamates (subject to hydrolysis) is 1. The number of carboxylic acid groups (broad SMARTS) is 2. The second kappa shape index (κ2) is 17.7. The van der Waals surface area contributed by atoms with Crippen LogP contribution in [0.2, 0.25) is 0 Å². The number of hydrogen-bond acceptors (Lipinski definition) is 8. The minimum atomic E-state index is -1.66. The van der Waals surface area contributed by atoms with Crippen LogP contribution in [0.5, 0.6) is 5.75 Å². The maximum Gasteiger partial charge on any atom is 0.407 e. The van der Waals surface area contributed by atoms with Gasteiger partial charge in [0.2, 0.25) is 17.7 Å². The zero-order chi connectivity index (χ0) is 38.8. The lowest BCUT2D eigenvalue weighted by Crippen LogP contribution is -2.58. The van der Waals surface area contributed by atoms with Crippen LogP contribution in [0.25, 0.3) is 11.1 Å². The lowest BCUT2D eigenvalue weighted by atomic mass is 9.98. The Morgan fingerprint density at radius 1 is 0.611 bits per heavy atom. The number of fused-ring (bicyclic) bond motifs is 3. The average Bonchev–Trinajstić information content (AvgIpc) is 3.47. The molecule has 1 aliphatic rings. The average molecular weight is 737 g/mol. The van der Waals surface area contributed by atoms with Crippen molar-refractivity contribution in [2.75, 3.05) is 6.61 Å². The summed E-state index contributed by atoms with van der Waals surface area (Å²) in [5.74, 6) is -5.70. The Morgan fingerprint density at radius 2 is 1.09 bits per heavy atom. The predicted octanol–water partition coefficient (Wildman–Crippen LogP) is 3.12. The first kappa shape index (κ1) is 38.5. The summed E-state index contributed by atoms with van der Waals surface area (Å²) in [6.07, 6.45) is -2.08. The lowest BCUT2D eigenvalue weighted by molar-refractivity contribution is -0.141. The molecule has 54 heavy (non-hydrogen) atoms. The summed E-state index contributed by atoms with van der Waals surface area (Å²) < 4.78 is 5.54. The van der Waals surface area contributed by atoms with Crippen molar-refractivity contribution in [1.29, 1.82) is 0 Å². The molecule has 7 N–H and O–H groups in total. The van der Waals surface area contributed by atoms with Gasteiger partial charge in [0.15, 0.2) is 0 Å². The molecule has 5 rings (SSSR count). The van der Waals surface area contributed by atoms with E-state index in [2.05, 4.69) is 21.3 Å². The molecule has 4 atom stereocenters. The van der Waals surface area contributed by atoms with E-state index < -0.39 is 66.3 Å². The van der Waals surface area contributed by atoms with Crippen LogP contribution in [-0.2, 0) is 41.6 Å². The van der Waals surface area contributed by atoms with Crippen molar-refractivity contribution < 1.29 is 48.8 Å². The number of aromatic hydroxyl groups is 1. The fourth-order valence-corrected chi connectivity index (χ4v) is 6.22. The molecule has 14 nitrogen and oxygen atoms in total. The standard InChI is InChI=1S/C40H40N4O10/c1-23(39(51)52)41-36(48)32(20-25-15-17-26(45)18-16-25)42-37(49)33(19-24-9-3-2-4-10-24)43-38(50)34(21-35(46)47)44-40(53)54-22-31-29-13-7-5-11-27(29)28-12-6-8-14-30(28)31/h2-18,23,31-34,45H,19-22H2,1H3,(H,41,48)(H,42,49)(H,43,50)(H,44,53)(H,46,47)(H,51,52)/t23-,32-,33-,34-/m0/s1. The van der Waals surface area contributed by atoms with Crippen LogP contribution < -0.4 is 21.3 Å². The first-order valence-corrected chi connectivity index (χ1v) is 17.2. The molecular weight excluding hydrogens is 696 g/mol. The van der Waals surface area contributed by atoms with Gasteiger partial charge in [-0.1, -0.05) is 91.0 Å². The highest BCUT2D eigenvalue weighted by Crippen LogP contribution is 2.44. The molecule has 0 aliphatic heterocycles. The molecule has 1 aliphatic carbocycles. The highest BCUT2D eigenvalue weighted by molar-refractivity contribution is 5.96. The third kappa shape index (κ3) is 10.00. The predicted molar refractivity (Wildman–Crippen MR) is 195 cm³/mol. The van der Waals surface area contributed by atoms with Crippen molar-refractivity contribution >= 4 is 35.8 Å². The molecule has 0 bridgehead atoms. The molecule has 0 saturated heterocycles. The van der Waals surface area contributed by atoms with Crippen LogP contribution in [0.4, 0.5) is 4.79 Å². The van der Waals surface area contributed by atoms with Crippen molar-refractivity contribution in [2.45, 2.75) is 56.3 Å². The van der Waals surface area contributed by atoms with Gasteiger partial charge in [0.1, 0.15) is 36.5 Å². The molecule has 0 aromatic heterocycles. The summed E-state index contributed by atoms with van der Waals surface area (Å²) in [6, 6.07) is 24.1. The van der Waals surface area contributed by atoms with E-state index in [-0.39, 0.29) is 31.1 Å². The molecule has 0 spiro atoms. The number of ether oxygens (including phenoxy) is 1. The number of nitrogens with one attached hydrogen (secondary N) is 4. The van der Waals surface area contributed by atoms with Crippen molar-refractivity contribution in [1.82, 2.24) is 21.3 Å². The zero-order valence-corrected chi connectivity index (χ0v) is 29.2. The number of benzene rings is 4. The van der Waals surface area contributed by atoms with Crippen molar-refractivity contribution in [3.05, 3.63) is 125 Å². The quantitative estimate of drug-likeness (QED) is 0.0891. The van der Waals surface area contributed by atoms with Gasteiger partial charge in [-0.05, 0) is 52.4 Å². The zero-order valence-electron chi connectivity index (χ0n) is 29.2. The molecule has 4 aromatic rings. The molecule has 14 heteroatoms. The van der Waals surface area contributed by atoms with E-state index in [9.17, 15) is 44.1 Å². The number of carbonyl (C=O) groups excluding carboxylic acids is 4. The summed E-state index contributed by atoms with van der Waals surface area (Å²) in [7, 11) is 0. The summed E-state index contributed by atoms with van der Waals surface area (Å²) in [5, 5.41) is 38.5. The fraction of sp³-hybridized carbons (Fsp3) is 0.250. The van der Waals surface area contributed by atoms with E-state index in [0.717, 1.165) is 22.3 Å². The van der Waals surface area contributed by atoms with Gasteiger partial charge in [0.05, 0.1) is 6.42 Å². The number of phenols is 1. The van der Waals surface area contributed by atoms with Gasteiger partial charge in [0.25, 0.3) is 0 Å². The monoisotopic (exact) mass is 736 g/mol. The lowest BCUT2D eigenvalue weighted by Gasteiger charge is -2.26. The number of rotatable bonds is 16. The molecule has 0 radical (unpaired) electrons. The smallest absolute Gasteiger partial charge is 0.407 e. The summed E-state index contributed by atoms with van der Waals surface area (Å²) in [5.41, 5.74) is 5.05. The number of hydrogen-bond donors (Lipinski definition) is 7. The number of amides is 4. The molecular formula is C40H40N4O10. The Hall–Kier alpha value is -6.70. The summed E-state index contributed by atoms with van der Waals surface area (Å²) >= 11 is 0. The van der Waals surface area contributed by atoms with E-state index in [1.807, 2.05) is 48.5 Å². The second-order valence-electron chi connectivity index (χ2n) is 12.9. The third-order valence-electron chi connectivity index (χ3n) is 8.98. The Bertz CT molecular complexity index is 1960. The highest BCUT2D eigenvalue weighted by atomic mass is 16.5. The fourth-order valence-electron chi connectivity index (χ4n) is 6.22.